The molecule has 0 heterocycles. The summed E-state index contributed by atoms with van der Waals surface area (Å²) in [5, 5.41) is 4.11. The minimum atomic E-state index is -0.618. The van der Waals surface area contributed by atoms with Gasteiger partial charge in [0.05, 0.1) is 0 Å². The van der Waals surface area contributed by atoms with Gasteiger partial charge in [0.15, 0.2) is 6.61 Å². The van der Waals surface area contributed by atoms with Crippen molar-refractivity contribution in [3.05, 3.63) is 63.1 Å². The SMILES string of the molecule is CC[C@@H](C(=O)NC1CCCC1)N(Cc1ccc(Cl)cc1Cl)C(=O)COc1cc(C)cc(C)c1. The van der Waals surface area contributed by atoms with Gasteiger partial charge in [-0.2, -0.15) is 0 Å². The molecule has 1 aliphatic rings. The molecule has 33 heavy (non-hydrogen) atoms. The van der Waals surface area contributed by atoms with Gasteiger partial charge in [-0.25, -0.2) is 0 Å². The molecule has 0 saturated heterocycles. The molecule has 3 rings (SSSR count). The van der Waals surface area contributed by atoms with Gasteiger partial charge in [-0.15, -0.1) is 0 Å². The van der Waals surface area contributed by atoms with Gasteiger partial charge in [0.1, 0.15) is 11.8 Å². The lowest BCUT2D eigenvalue weighted by molar-refractivity contribution is -0.143. The van der Waals surface area contributed by atoms with E-state index in [9.17, 15) is 9.59 Å². The number of ether oxygens (including phenoxy) is 1. The Bertz CT molecular complexity index is 969. The Morgan fingerprint density at radius 3 is 2.36 bits per heavy atom. The molecule has 2 aromatic carbocycles. The van der Waals surface area contributed by atoms with Crippen molar-refractivity contribution in [3.63, 3.8) is 0 Å². The van der Waals surface area contributed by atoms with E-state index in [1.165, 1.54) is 0 Å². The molecule has 7 heteroatoms. The lowest BCUT2D eigenvalue weighted by atomic mass is 10.1. The predicted octanol–water partition coefficient (Wildman–Crippen LogP) is 5.86. The fraction of sp³-hybridized carbons (Fsp3) is 0.462. The van der Waals surface area contributed by atoms with Crippen molar-refractivity contribution in [3.8, 4) is 5.75 Å². The van der Waals surface area contributed by atoms with Crippen molar-refractivity contribution in [1.29, 1.82) is 0 Å². The van der Waals surface area contributed by atoms with Crippen LogP contribution in [0.15, 0.2) is 36.4 Å². The monoisotopic (exact) mass is 490 g/mol. The third-order valence-corrected chi connectivity index (χ3v) is 6.59. The first-order valence-corrected chi connectivity index (χ1v) is 12.3. The molecule has 178 valence electrons. The zero-order chi connectivity index (χ0) is 24.0. The Morgan fingerprint density at radius 1 is 1.09 bits per heavy atom. The number of hydrogen-bond acceptors (Lipinski definition) is 3. The van der Waals surface area contributed by atoms with Gasteiger partial charge in [-0.1, -0.05) is 55.1 Å². The van der Waals surface area contributed by atoms with E-state index >= 15 is 0 Å². The van der Waals surface area contributed by atoms with Crippen LogP contribution >= 0.6 is 23.2 Å². The van der Waals surface area contributed by atoms with Crippen LogP contribution in [0.2, 0.25) is 10.0 Å². The molecule has 0 unspecified atom stereocenters. The molecule has 5 nitrogen and oxygen atoms in total. The van der Waals surface area contributed by atoms with Gasteiger partial charge in [0, 0.05) is 22.6 Å². The summed E-state index contributed by atoms with van der Waals surface area (Å²) in [6.45, 7) is 5.91. The number of rotatable bonds is 9. The largest absolute Gasteiger partial charge is 0.484 e. The number of carbonyl (C=O) groups is 2. The lowest BCUT2D eigenvalue weighted by Crippen LogP contribution is -2.52. The Morgan fingerprint density at radius 2 is 1.76 bits per heavy atom. The van der Waals surface area contributed by atoms with E-state index in [2.05, 4.69) is 5.32 Å². The van der Waals surface area contributed by atoms with Crippen LogP contribution in [0.1, 0.15) is 55.7 Å². The number of benzene rings is 2. The van der Waals surface area contributed by atoms with E-state index in [-0.39, 0.29) is 31.0 Å². The third-order valence-electron chi connectivity index (χ3n) is 6.00. The predicted molar refractivity (Wildman–Crippen MR) is 133 cm³/mol. The van der Waals surface area contributed by atoms with Crippen molar-refractivity contribution < 1.29 is 14.3 Å². The van der Waals surface area contributed by atoms with E-state index in [1.807, 2.05) is 39.0 Å². The second-order valence-corrected chi connectivity index (χ2v) is 9.63. The first kappa shape index (κ1) is 25.4. The molecule has 2 aromatic rings. The number of hydrogen-bond donors (Lipinski definition) is 1. The summed E-state index contributed by atoms with van der Waals surface area (Å²) in [5.41, 5.74) is 2.85. The highest BCUT2D eigenvalue weighted by molar-refractivity contribution is 6.35. The van der Waals surface area contributed by atoms with Crippen LogP contribution in [-0.4, -0.2) is 35.4 Å². The van der Waals surface area contributed by atoms with Gasteiger partial charge in [-0.3, -0.25) is 9.59 Å². The number of nitrogens with one attached hydrogen (secondary N) is 1. The van der Waals surface area contributed by atoms with Crippen molar-refractivity contribution in [2.45, 2.75) is 71.5 Å². The minimum Gasteiger partial charge on any atom is -0.484 e. The zero-order valence-corrected chi connectivity index (χ0v) is 21.0. The number of amides is 2. The van der Waals surface area contributed by atoms with Crippen LogP contribution in [0.25, 0.3) is 0 Å². The van der Waals surface area contributed by atoms with Crippen molar-refractivity contribution in [1.82, 2.24) is 10.2 Å². The van der Waals surface area contributed by atoms with Crippen LogP contribution in [0, 0.1) is 13.8 Å². The molecular weight excluding hydrogens is 459 g/mol. The maximum absolute atomic E-state index is 13.4. The smallest absolute Gasteiger partial charge is 0.261 e. The fourth-order valence-electron chi connectivity index (χ4n) is 4.36. The molecule has 1 aliphatic carbocycles. The summed E-state index contributed by atoms with van der Waals surface area (Å²) in [7, 11) is 0. The molecule has 0 bridgehead atoms. The average Bonchev–Trinajstić information content (AvgIpc) is 3.25. The average molecular weight is 491 g/mol. The Labute approximate surface area is 206 Å². The molecule has 0 spiro atoms. The fourth-order valence-corrected chi connectivity index (χ4v) is 4.83. The zero-order valence-electron chi connectivity index (χ0n) is 19.5. The Balaban J connectivity index is 1.80. The van der Waals surface area contributed by atoms with E-state index in [0.29, 0.717) is 22.2 Å². The summed E-state index contributed by atoms with van der Waals surface area (Å²) in [6.07, 6.45) is 4.69. The highest BCUT2D eigenvalue weighted by Gasteiger charge is 2.31. The summed E-state index contributed by atoms with van der Waals surface area (Å²) in [6, 6.07) is 10.6. The van der Waals surface area contributed by atoms with Gasteiger partial charge in [0.25, 0.3) is 5.91 Å². The molecule has 2 amide bonds. The maximum Gasteiger partial charge on any atom is 0.261 e. The van der Waals surface area contributed by atoms with Gasteiger partial charge in [-0.05, 0) is 74.1 Å². The van der Waals surface area contributed by atoms with Crippen molar-refractivity contribution >= 4 is 35.0 Å². The minimum absolute atomic E-state index is 0.130. The highest BCUT2D eigenvalue weighted by atomic mass is 35.5. The second kappa shape index (κ2) is 11.8. The first-order chi connectivity index (χ1) is 15.8. The Hall–Kier alpha value is -2.24. The third kappa shape index (κ3) is 7.12. The van der Waals surface area contributed by atoms with Crippen LogP contribution in [0.3, 0.4) is 0 Å². The van der Waals surface area contributed by atoms with Crippen molar-refractivity contribution in [2.75, 3.05) is 6.61 Å². The molecular formula is C26H32Cl2N2O3. The lowest BCUT2D eigenvalue weighted by Gasteiger charge is -2.31. The maximum atomic E-state index is 13.4. The van der Waals surface area contributed by atoms with Gasteiger partial charge < -0.3 is 15.0 Å². The molecule has 0 radical (unpaired) electrons. The van der Waals surface area contributed by atoms with Crippen LogP contribution in [0.5, 0.6) is 5.75 Å². The molecule has 0 aliphatic heterocycles. The summed E-state index contributed by atoms with van der Waals surface area (Å²) < 4.78 is 5.83. The van der Waals surface area contributed by atoms with Crippen molar-refractivity contribution in [2.24, 2.45) is 0 Å². The van der Waals surface area contributed by atoms with Gasteiger partial charge in [0.2, 0.25) is 5.91 Å². The summed E-state index contributed by atoms with van der Waals surface area (Å²) >= 11 is 12.4. The normalized spacial score (nSPS) is 14.7. The first-order valence-electron chi connectivity index (χ1n) is 11.5. The number of halogens is 2. The molecule has 0 aromatic heterocycles. The van der Waals surface area contributed by atoms with Crippen LogP contribution < -0.4 is 10.1 Å². The van der Waals surface area contributed by atoms with Crippen LogP contribution in [-0.2, 0) is 16.1 Å². The molecule has 1 N–H and O–H groups in total. The highest BCUT2D eigenvalue weighted by Crippen LogP contribution is 2.25. The molecule has 1 atom stereocenters. The number of carbonyl (C=O) groups excluding carboxylic acids is 2. The van der Waals surface area contributed by atoms with E-state index < -0.39 is 6.04 Å². The van der Waals surface area contributed by atoms with E-state index in [1.54, 1.807) is 23.1 Å². The summed E-state index contributed by atoms with van der Waals surface area (Å²) in [5.74, 6) is 0.233. The second-order valence-electron chi connectivity index (χ2n) is 8.78. The van der Waals surface area contributed by atoms with Gasteiger partial charge >= 0.3 is 0 Å². The summed E-state index contributed by atoms with van der Waals surface area (Å²) in [4.78, 5) is 28.1. The standard InChI is InChI=1S/C26H32Cl2N2O3/c1-4-24(26(32)29-21-7-5-6-8-21)30(15-19-9-10-20(27)14-23(19)28)25(31)16-33-22-12-17(2)11-18(3)13-22/h9-14,21,24H,4-8,15-16H2,1-3H3,(H,29,32)/t24-/m0/s1. The van der Waals surface area contributed by atoms with Crippen LogP contribution in [0.4, 0.5) is 0 Å². The van der Waals surface area contributed by atoms with E-state index in [0.717, 1.165) is 42.4 Å². The quantitative estimate of drug-likeness (QED) is 0.479. The number of aryl methyl sites for hydroxylation is 2. The molecule has 1 saturated carbocycles. The topological polar surface area (TPSA) is 58.6 Å². The Kier molecular flexibility index (Phi) is 9.04. The molecule has 1 fully saturated rings. The van der Waals surface area contributed by atoms with E-state index in [4.69, 9.17) is 27.9 Å². The number of nitrogens with zero attached hydrogens (tertiary/aromatic N) is 1.